The Morgan fingerprint density at radius 1 is 1.75 bits per heavy atom. The number of nitrogens with zero attached hydrogens (tertiary/aromatic N) is 3. The van der Waals surface area contributed by atoms with E-state index in [0.717, 1.165) is 0 Å². The monoisotopic (exact) mass is 170 g/mol. The van der Waals surface area contributed by atoms with E-state index in [1.54, 1.807) is 13.8 Å². The quantitative estimate of drug-likeness (QED) is 0.639. The minimum absolute atomic E-state index is 0.334. The highest BCUT2D eigenvalue weighted by atomic mass is 16.5. The molecule has 0 aliphatic heterocycles. The molecule has 1 aromatic heterocycles. The molecule has 0 fully saturated rings. The predicted octanol–water partition coefficient (Wildman–Crippen LogP) is -0.134. The molecule has 1 atom stereocenters. The summed E-state index contributed by atoms with van der Waals surface area (Å²) in [5.74, 6) is -0.434. The van der Waals surface area contributed by atoms with Gasteiger partial charge in [-0.25, -0.2) is 0 Å². The van der Waals surface area contributed by atoms with Crippen molar-refractivity contribution in [3.05, 3.63) is 5.82 Å². The minimum Gasteiger partial charge on any atom is -0.465 e. The average molecular weight is 170 g/mol. The normalized spacial score (nSPS) is 12.5. The van der Waals surface area contributed by atoms with Crippen molar-refractivity contribution in [1.29, 1.82) is 0 Å². The van der Waals surface area contributed by atoms with Crippen molar-refractivity contribution in [3.63, 3.8) is 0 Å². The Morgan fingerprint density at radius 2 is 2.50 bits per heavy atom. The number of H-pyrrole nitrogens is 1. The van der Waals surface area contributed by atoms with Gasteiger partial charge in [0.2, 0.25) is 0 Å². The summed E-state index contributed by atoms with van der Waals surface area (Å²) in [4.78, 5) is 11.1. The third-order valence-electron chi connectivity index (χ3n) is 1.39. The molecule has 12 heavy (non-hydrogen) atoms. The zero-order valence-corrected chi connectivity index (χ0v) is 6.94. The Balaban J connectivity index is 2.59. The van der Waals surface area contributed by atoms with Crippen LogP contribution in [0.1, 0.15) is 25.6 Å². The lowest BCUT2D eigenvalue weighted by Gasteiger charge is -2.04. The van der Waals surface area contributed by atoms with E-state index in [-0.39, 0.29) is 5.97 Å². The van der Waals surface area contributed by atoms with E-state index in [4.69, 9.17) is 4.74 Å². The molecule has 0 spiro atoms. The molecule has 0 aromatic carbocycles. The number of rotatable bonds is 3. The van der Waals surface area contributed by atoms with Gasteiger partial charge in [0, 0.05) is 0 Å². The SMILES string of the molecule is CCOC(=O)C(C)c1nn[nH]n1. The Hall–Kier alpha value is -1.46. The van der Waals surface area contributed by atoms with E-state index in [0.29, 0.717) is 12.4 Å². The van der Waals surface area contributed by atoms with Crippen LogP contribution in [-0.2, 0) is 9.53 Å². The Bertz CT molecular complexity index is 246. The zero-order valence-electron chi connectivity index (χ0n) is 6.94. The van der Waals surface area contributed by atoms with E-state index in [9.17, 15) is 4.79 Å². The predicted molar refractivity (Wildman–Crippen MR) is 39.2 cm³/mol. The third kappa shape index (κ3) is 1.77. The molecule has 0 saturated carbocycles. The number of aromatic amines is 1. The van der Waals surface area contributed by atoms with Crippen LogP contribution in [0.25, 0.3) is 0 Å². The molecule has 0 saturated heterocycles. The molecule has 0 radical (unpaired) electrons. The zero-order chi connectivity index (χ0) is 8.97. The average Bonchev–Trinajstić information content (AvgIpc) is 2.55. The maximum atomic E-state index is 11.1. The lowest BCUT2D eigenvalue weighted by Crippen LogP contribution is -2.14. The van der Waals surface area contributed by atoms with Crippen LogP contribution in [0.15, 0.2) is 0 Å². The summed E-state index contributed by atoms with van der Waals surface area (Å²) < 4.78 is 4.77. The summed E-state index contributed by atoms with van der Waals surface area (Å²) in [7, 11) is 0. The highest BCUT2D eigenvalue weighted by molar-refractivity contribution is 5.76. The molecule has 0 bridgehead atoms. The summed E-state index contributed by atoms with van der Waals surface area (Å²) in [6.45, 7) is 3.78. The van der Waals surface area contributed by atoms with Crippen molar-refractivity contribution in [1.82, 2.24) is 20.6 Å². The van der Waals surface area contributed by atoms with Gasteiger partial charge < -0.3 is 4.74 Å². The summed E-state index contributed by atoms with van der Waals surface area (Å²) in [5, 5.41) is 13.0. The second-order valence-corrected chi connectivity index (χ2v) is 2.24. The Labute approximate surface area is 69.3 Å². The molecule has 1 N–H and O–H groups in total. The van der Waals surface area contributed by atoms with Crippen LogP contribution in [-0.4, -0.2) is 33.2 Å². The van der Waals surface area contributed by atoms with Gasteiger partial charge in [0.05, 0.1) is 6.61 Å². The van der Waals surface area contributed by atoms with Crippen molar-refractivity contribution in [2.24, 2.45) is 0 Å². The molecule has 1 aromatic rings. The number of carbonyl (C=O) groups excluding carboxylic acids is 1. The fourth-order valence-electron chi connectivity index (χ4n) is 0.726. The van der Waals surface area contributed by atoms with Crippen molar-refractivity contribution in [3.8, 4) is 0 Å². The van der Waals surface area contributed by atoms with Crippen LogP contribution in [0, 0.1) is 0 Å². The van der Waals surface area contributed by atoms with E-state index in [1.165, 1.54) is 0 Å². The summed E-state index contributed by atoms with van der Waals surface area (Å²) >= 11 is 0. The smallest absolute Gasteiger partial charge is 0.316 e. The number of aromatic nitrogens is 4. The summed E-state index contributed by atoms with van der Waals surface area (Å²) in [5.41, 5.74) is 0. The van der Waals surface area contributed by atoms with Gasteiger partial charge in [-0.05, 0) is 13.8 Å². The first-order valence-electron chi connectivity index (χ1n) is 3.65. The third-order valence-corrected chi connectivity index (χ3v) is 1.39. The van der Waals surface area contributed by atoms with Crippen LogP contribution in [0.5, 0.6) is 0 Å². The van der Waals surface area contributed by atoms with Gasteiger partial charge in [0.25, 0.3) is 0 Å². The number of hydrogen-bond donors (Lipinski definition) is 1. The summed E-state index contributed by atoms with van der Waals surface area (Å²) in [6.07, 6.45) is 0. The van der Waals surface area contributed by atoms with Gasteiger partial charge in [0.15, 0.2) is 5.82 Å². The van der Waals surface area contributed by atoms with Gasteiger partial charge >= 0.3 is 5.97 Å². The van der Waals surface area contributed by atoms with Gasteiger partial charge in [-0.1, -0.05) is 5.21 Å². The first-order chi connectivity index (χ1) is 5.75. The van der Waals surface area contributed by atoms with E-state index in [1.807, 2.05) is 0 Å². The second-order valence-electron chi connectivity index (χ2n) is 2.24. The molecule has 6 heteroatoms. The lowest BCUT2D eigenvalue weighted by atomic mass is 10.2. The molecule has 1 heterocycles. The highest BCUT2D eigenvalue weighted by Crippen LogP contribution is 2.09. The molecule has 6 nitrogen and oxygen atoms in total. The van der Waals surface area contributed by atoms with Crippen LogP contribution in [0.3, 0.4) is 0 Å². The van der Waals surface area contributed by atoms with Crippen LogP contribution in [0.2, 0.25) is 0 Å². The lowest BCUT2D eigenvalue weighted by molar-refractivity contribution is -0.144. The second kappa shape index (κ2) is 3.80. The standard InChI is InChI=1S/C6H10N4O2/c1-3-12-6(11)4(2)5-7-9-10-8-5/h4H,3H2,1-2H3,(H,7,8,9,10). The van der Waals surface area contributed by atoms with Crippen molar-refractivity contribution in [2.45, 2.75) is 19.8 Å². The molecule has 0 amide bonds. The van der Waals surface area contributed by atoms with Crippen molar-refractivity contribution in [2.75, 3.05) is 6.61 Å². The summed E-state index contributed by atoms with van der Waals surface area (Å²) in [6, 6.07) is 0. The molecular weight excluding hydrogens is 160 g/mol. The van der Waals surface area contributed by atoms with Gasteiger partial charge in [-0.3, -0.25) is 4.79 Å². The fourth-order valence-corrected chi connectivity index (χ4v) is 0.726. The van der Waals surface area contributed by atoms with E-state index < -0.39 is 5.92 Å². The number of carbonyl (C=O) groups is 1. The number of nitrogens with one attached hydrogen (secondary N) is 1. The topological polar surface area (TPSA) is 80.8 Å². The van der Waals surface area contributed by atoms with Gasteiger partial charge in [-0.15, -0.1) is 10.2 Å². The van der Waals surface area contributed by atoms with Crippen LogP contribution >= 0.6 is 0 Å². The fraction of sp³-hybridized carbons (Fsp3) is 0.667. The molecule has 66 valence electrons. The Kier molecular flexibility index (Phi) is 2.73. The number of hydrogen-bond acceptors (Lipinski definition) is 5. The Morgan fingerprint density at radius 3 is 3.00 bits per heavy atom. The molecule has 0 aliphatic carbocycles. The highest BCUT2D eigenvalue weighted by Gasteiger charge is 2.19. The maximum Gasteiger partial charge on any atom is 0.316 e. The first-order valence-corrected chi connectivity index (χ1v) is 3.65. The van der Waals surface area contributed by atoms with E-state index >= 15 is 0 Å². The van der Waals surface area contributed by atoms with E-state index in [2.05, 4.69) is 20.6 Å². The number of esters is 1. The van der Waals surface area contributed by atoms with Crippen LogP contribution in [0.4, 0.5) is 0 Å². The first kappa shape index (κ1) is 8.63. The molecule has 0 aliphatic rings. The van der Waals surface area contributed by atoms with Crippen molar-refractivity contribution >= 4 is 5.97 Å². The van der Waals surface area contributed by atoms with Gasteiger partial charge in [-0.2, -0.15) is 5.21 Å². The molecule has 1 rings (SSSR count). The number of ether oxygens (including phenoxy) is 1. The largest absolute Gasteiger partial charge is 0.465 e. The minimum atomic E-state index is -0.455. The van der Waals surface area contributed by atoms with Crippen molar-refractivity contribution < 1.29 is 9.53 Å². The van der Waals surface area contributed by atoms with Gasteiger partial charge in [0.1, 0.15) is 5.92 Å². The molecule has 1 unspecified atom stereocenters. The maximum absolute atomic E-state index is 11.1. The molecular formula is C6H10N4O2. The number of tetrazole rings is 1. The van der Waals surface area contributed by atoms with Crippen LogP contribution < -0.4 is 0 Å².